The summed E-state index contributed by atoms with van der Waals surface area (Å²) >= 11 is 0. The Bertz CT molecular complexity index is 1040. The second-order valence-electron chi connectivity index (χ2n) is 7.21. The number of aliphatic hydroxyl groups is 1. The van der Waals surface area contributed by atoms with Crippen molar-refractivity contribution in [3.63, 3.8) is 0 Å². The second-order valence-corrected chi connectivity index (χ2v) is 8.92. The van der Waals surface area contributed by atoms with Crippen LogP contribution < -0.4 is 14.8 Å². The van der Waals surface area contributed by atoms with E-state index in [0.29, 0.717) is 25.7 Å². The van der Waals surface area contributed by atoms with Gasteiger partial charge in [-0.3, -0.25) is 4.79 Å². The van der Waals surface area contributed by atoms with E-state index < -0.39 is 27.9 Å². The van der Waals surface area contributed by atoms with E-state index in [1.54, 1.807) is 0 Å². The van der Waals surface area contributed by atoms with Gasteiger partial charge in [-0.25, -0.2) is 22.5 Å². The highest BCUT2D eigenvalue weighted by atomic mass is 32.2. The Labute approximate surface area is 174 Å². The molecule has 3 N–H and O–H groups in total. The summed E-state index contributed by atoms with van der Waals surface area (Å²) in [5, 5.41) is 12.1. The average molecular weight is 437 g/mol. The molecule has 1 amide bonds. The molecule has 1 fully saturated rings. The number of benzene rings is 1. The van der Waals surface area contributed by atoms with Gasteiger partial charge in [-0.15, -0.1) is 0 Å². The van der Waals surface area contributed by atoms with Crippen LogP contribution in [0.4, 0.5) is 10.2 Å². The van der Waals surface area contributed by atoms with Gasteiger partial charge in [-0.05, 0) is 62.9 Å². The van der Waals surface area contributed by atoms with Gasteiger partial charge in [0.2, 0.25) is 10.0 Å². The molecule has 30 heavy (non-hydrogen) atoms. The minimum absolute atomic E-state index is 0.00298. The lowest BCUT2D eigenvalue weighted by molar-refractivity contribution is 0.102. The first-order chi connectivity index (χ1) is 14.2. The normalized spacial score (nSPS) is 19.3. The number of hydrogen-bond acceptors (Lipinski definition) is 6. The molecule has 0 spiro atoms. The van der Waals surface area contributed by atoms with Crippen molar-refractivity contribution in [3.05, 3.63) is 47.4 Å². The van der Waals surface area contributed by atoms with Crippen molar-refractivity contribution in [2.75, 3.05) is 12.4 Å². The van der Waals surface area contributed by atoms with Crippen LogP contribution in [-0.4, -0.2) is 43.7 Å². The number of ether oxygens (including phenoxy) is 1. The third kappa shape index (κ3) is 5.13. The lowest BCUT2D eigenvalue weighted by atomic mass is 9.94. The minimum atomic E-state index is -3.88. The van der Waals surface area contributed by atoms with Crippen molar-refractivity contribution in [2.45, 2.75) is 49.6 Å². The predicted octanol–water partition coefficient (Wildman–Crippen LogP) is 2.37. The first-order valence-corrected chi connectivity index (χ1v) is 11.0. The molecule has 1 aromatic carbocycles. The number of sulfonamides is 1. The minimum Gasteiger partial charge on any atom is -0.496 e. The molecule has 1 aliphatic rings. The Kier molecular flexibility index (Phi) is 6.69. The molecule has 0 atom stereocenters. The molecule has 2 aromatic rings. The molecular formula is C20H24FN3O5S. The largest absolute Gasteiger partial charge is 0.496 e. The van der Waals surface area contributed by atoms with Crippen molar-refractivity contribution in [2.24, 2.45) is 0 Å². The summed E-state index contributed by atoms with van der Waals surface area (Å²) in [5.74, 6) is -0.817. The summed E-state index contributed by atoms with van der Waals surface area (Å²) in [6.07, 6.45) is 1.76. The molecule has 10 heteroatoms. The molecule has 0 saturated heterocycles. The Morgan fingerprint density at radius 2 is 1.90 bits per heavy atom. The third-order valence-corrected chi connectivity index (χ3v) is 6.53. The zero-order valence-corrected chi connectivity index (χ0v) is 17.5. The Hall–Kier alpha value is -2.56. The van der Waals surface area contributed by atoms with Gasteiger partial charge in [-0.1, -0.05) is 0 Å². The molecule has 1 saturated carbocycles. The number of pyridine rings is 1. The molecule has 0 bridgehead atoms. The third-order valence-electron chi connectivity index (χ3n) is 5.01. The SMILES string of the molecule is COc1ccc(S(=O)(=O)N[C@H]2CC[C@@H](O)CC2)cc1C(=O)Nc1ccc(F)c(C)n1. The quantitative estimate of drug-likeness (QED) is 0.639. The lowest BCUT2D eigenvalue weighted by Gasteiger charge is -2.26. The number of rotatable bonds is 6. The van der Waals surface area contributed by atoms with Crippen LogP contribution in [0.1, 0.15) is 41.7 Å². The van der Waals surface area contributed by atoms with E-state index in [1.165, 1.54) is 44.4 Å². The van der Waals surface area contributed by atoms with Crippen molar-refractivity contribution in [1.82, 2.24) is 9.71 Å². The second kappa shape index (κ2) is 9.07. The number of methoxy groups -OCH3 is 1. The first-order valence-electron chi connectivity index (χ1n) is 9.52. The van der Waals surface area contributed by atoms with Gasteiger partial charge in [-0.2, -0.15) is 0 Å². The monoisotopic (exact) mass is 437 g/mol. The van der Waals surface area contributed by atoms with E-state index in [1.807, 2.05) is 0 Å². The Balaban J connectivity index is 1.83. The molecule has 162 valence electrons. The lowest BCUT2D eigenvalue weighted by Crippen LogP contribution is -2.38. The highest BCUT2D eigenvalue weighted by molar-refractivity contribution is 7.89. The summed E-state index contributed by atoms with van der Waals surface area (Å²) < 4.78 is 46.8. The van der Waals surface area contributed by atoms with Gasteiger partial charge in [0.1, 0.15) is 17.4 Å². The van der Waals surface area contributed by atoms with Gasteiger partial charge in [0.05, 0.1) is 29.4 Å². The van der Waals surface area contributed by atoms with Crippen LogP contribution >= 0.6 is 0 Å². The number of anilines is 1. The van der Waals surface area contributed by atoms with E-state index >= 15 is 0 Å². The summed E-state index contributed by atoms with van der Waals surface area (Å²) in [4.78, 5) is 16.6. The maximum absolute atomic E-state index is 13.4. The predicted molar refractivity (Wildman–Crippen MR) is 108 cm³/mol. The summed E-state index contributed by atoms with van der Waals surface area (Å²) in [7, 11) is -2.51. The van der Waals surface area contributed by atoms with E-state index in [0.717, 1.165) is 0 Å². The smallest absolute Gasteiger partial charge is 0.260 e. The number of aromatic nitrogens is 1. The van der Waals surface area contributed by atoms with Crippen LogP contribution in [0.2, 0.25) is 0 Å². The molecule has 1 aliphatic carbocycles. The molecule has 1 heterocycles. The fourth-order valence-corrected chi connectivity index (χ4v) is 4.64. The number of aliphatic hydroxyl groups excluding tert-OH is 1. The molecule has 1 aromatic heterocycles. The van der Waals surface area contributed by atoms with Crippen molar-refractivity contribution < 1.29 is 27.4 Å². The van der Waals surface area contributed by atoms with Crippen LogP contribution in [0.3, 0.4) is 0 Å². The molecule has 0 aliphatic heterocycles. The highest BCUT2D eigenvalue weighted by Crippen LogP contribution is 2.25. The molecule has 3 rings (SSSR count). The van der Waals surface area contributed by atoms with Crippen LogP contribution in [0.5, 0.6) is 5.75 Å². The summed E-state index contributed by atoms with van der Waals surface area (Å²) in [6.45, 7) is 1.47. The van der Waals surface area contributed by atoms with E-state index in [9.17, 15) is 22.7 Å². The number of amides is 1. The molecule has 8 nitrogen and oxygen atoms in total. The zero-order chi connectivity index (χ0) is 21.9. The van der Waals surface area contributed by atoms with Crippen LogP contribution in [-0.2, 0) is 10.0 Å². The number of halogens is 1. The van der Waals surface area contributed by atoms with E-state index in [4.69, 9.17) is 4.74 Å². The number of aryl methyl sites for hydroxylation is 1. The van der Waals surface area contributed by atoms with Gasteiger partial charge in [0, 0.05) is 6.04 Å². The van der Waals surface area contributed by atoms with E-state index in [2.05, 4.69) is 15.0 Å². The number of nitrogens with one attached hydrogen (secondary N) is 2. The Morgan fingerprint density at radius 3 is 2.53 bits per heavy atom. The fourth-order valence-electron chi connectivity index (χ4n) is 3.31. The Morgan fingerprint density at radius 1 is 1.20 bits per heavy atom. The standard InChI is InChI=1S/C20H24FN3O5S/c1-12-17(21)8-10-19(22-12)23-20(26)16-11-15(7-9-18(16)29-2)30(27,28)24-13-3-5-14(25)6-4-13/h7-11,13-14,24-25H,3-6H2,1-2H3,(H,22,23,26)/t13-,14+. The number of carbonyl (C=O) groups excluding carboxylic acids is 1. The number of hydrogen-bond donors (Lipinski definition) is 3. The van der Waals surface area contributed by atoms with Gasteiger partial charge < -0.3 is 15.2 Å². The highest BCUT2D eigenvalue weighted by Gasteiger charge is 2.26. The summed E-state index contributed by atoms with van der Waals surface area (Å²) in [5.41, 5.74) is 0.126. The number of nitrogens with zero attached hydrogens (tertiary/aromatic N) is 1. The first kappa shape index (κ1) is 22.1. The van der Waals surface area contributed by atoms with E-state index in [-0.39, 0.29) is 33.8 Å². The number of carbonyl (C=O) groups is 1. The fraction of sp³-hybridized carbons (Fsp3) is 0.400. The molecular weight excluding hydrogens is 413 g/mol. The van der Waals surface area contributed by atoms with Crippen molar-refractivity contribution in [1.29, 1.82) is 0 Å². The van der Waals surface area contributed by atoms with Crippen molar-refractivity contribution in [3.8, 4) is 5.75 Å². The zero-order valence-electron chi connectivity index (χ0n) is 16.7. The topological polar surface area (TPSA) is 118 Å². The van der Waals surface area contributed by atoms with Gasteiger partial charge >= 0.3 is 0 Å². The van der Waals surface area contributed by atoms with Crippen molar-refractivity contribution >= 4 is 21.7 Å². The molecule has 0 radical (unpaired) electrons. The average Bonchev–Trinajstić information content (AvgIpc) is 2.71. The maximum Gasteiger partial charge on any atom is 0.260 e. The maximum atomic E-state index is 13.4. The van der Waals surface area contributed by atoms with Crippen LogP contribution in [0.15, 0.2) is 35.2 Å². The van der Waals surface area contributed by atoms with Crippen LogP contribution in [0, 0.1) is 12.7 Å². The van der Waals surface area contributed by atoms with Gasteiger partial charge in [0.25, 0.3) is 5.91 Å². The summed E-state index contributed by atoms with van der Waals surface area (Å²) in [6, 6.07) is 6.20. The molecule has 0 unspecified atom stereocenters. The van der Waals surface area contributed by atoms with Gasteiger partial charge in [0.15, 0.2) is 0 Å². The van der Waals surface area contributed by atoms with Crippen LogP contribution in [0.25, 0.3) is 0 Å².